The van der Waals surface area contributed by atoms with Gasteiger partial charge in [0.25, 0.3) is 5.91 Å². The molecule has 3 heterocycles. The maximum absolute atomic E-state index is 13.0. The number of carbonyl (C=O) groups excluding carboxylic acids is 2. The summed E-state index contributed by atoms with van der Waals surface area (Å²) in [5.74, 6) is 1.20. The van der Waals surface area contributed by atoms with Crippen LogP contribution in [-0.4, -0.2) is 39.0 Å². The van der Waals surface area contributed by atoms with Gasteiger partial charge in [-0.05, 0) is 30.4 Å². The van der Waals surface area contributed by atoms with Crippen molar-refractivity contribution in [2.45, 2.75) is 57.9 Å². The highest BCUT2D eigenvalue weighted by molar-refractivity contribution is 5.92. The molecule has 9 heteroatoms. The third kappa shape index (κ3) is 6.16. The normalized spacial score (nSPS) is 12.1. The Hall–Kier alpha value is -4.01. The molecule has 3 N–H and O–H groups in total. The minimum Gasteiger partial charge on any atom is -0.360 e. The minimum atomic E-state index is -0.340. The fraction of sp³-hybridized carbons (Fsp3) is 0.370. The number of benzene rings is 1. The molecule has 1 aromatic carbocycles. The van der Waals surface area contributed by atoms with Crippen molar-refractivity contribution >= 4 is 22.6 Å². The van der Waals surface area contributed by atoms with Crippen molar-refractivity contribution in [2.75, 3.05) is 7.05 Å². The molecule has 0 saturated carbocycles. The molecule has 0 bridgehead atoms. The smallest absolute Gasteiger partial charge is 0.274 e. The second kappa shape index (κ2) is 11.6. The number of rotatable bonds is 11. The van der Waals surface area contributed by atoms with E-state index in [1.54, 1.807) is 25.5 Å². The van der Waals surface area contributed by atoms with Crippen LogP contribution >= 0.6 is 0 Å². The van der Waals surface area contributed by atoms with E-state index in [0.717, 1.165) is 41.3 Å². The second-order valence-corrected chi connectivity index (χ2v) is 9.19. The van der Waals surface area contributed by atoms with Crippen LogP contribution in [0.15, 0.2) is 53.4 Å². The maximum Gasteiger partial charge on any atom is 0.274 e. The lowest BCUT2D eigenvalue weighted by Crippen LogP contribution is -2.29. The van der Waals surface area contributed by atoms with Crippen LogP contribution in [0.25, 0.3) is 22.0 Å². The highest BCUT2D eigenvalue weighted by Gasteiger charge is 2.22. The third-order valence-corrected chi connectivity index (χ3v) is 6.19. The van der Waals surface area contributed by atoms with Gasteiger partial charge in [0, 0.05) is 48.8 Å². The quantitative estimate of drug-likeness (QED) is 0.258. The number of carbonyl (C=O) groups is 2. The lowest BCUT2D eigenvalue weighted by Gasteiger charge is -2.16. The third-order valence-electron chi connectivity index (χ3n) is 6.19. The van der Waals surface area contributed by atoms with Crippen LogP contribution in [0, 0.1) is 0 Å². The molecule has 36 heavy (non-hydrogen) atoms. The molecule has 0 aliphatic heterocycles. The summed E-state index contributed by atoms with van der Waals surface area (Å²) >= 11 is 0. The van der Waals surface area contributed by atoms with E-state index in [4.69, 9.17) is 4.52 Å². The molecule has 4 aromatic rings. The van der Waals surface area contributed by atoms with Gasteiger partial charge in [-0.3, -0.25) is 14.6 Å². The first kappa shape index (κ1) is 25.1. The van der Waals surface area contributed by atoms with E-state index in [0.29, 0.717) is 24.4 Å². The summed E-state index contributed by atoms with van der Waals surface area (Å²) in [5.41, 5.74) is 2.10. The predicted molar refractivity (Wildman–Crippen MR) is 137 cm³/mol. The zero-order chi connectivity index (χ0) is 25.5. The van der Waals surface area contributed by atoms with Gasteiger partial charge in [0.2, 0.25) is 5.91 Å². The molecule has 9 nitrogen and oxygen atoms in total. The number of unbranched alkanes of at least 4 members (excludes halogenated alkanes) is 2. The standard InChI is InChI=1S/C27H32N6O3/c1-17(2)24-14-22(33-36-24)27(35)32-21(7-5-4-6-8-25(34)28-3)26-30-16-23(31-26)19-10-9-18-11-12-29-15-20(18)13-19/h9-17,21H,4-8H2,1-3H3,(H,28,34)(H,30,31)(H,32,35). The molecule has 0 saturated heterocycles. The number of hydrogen-bond acceptors (Lipinski definition) is 6. The number of nitrogens with one attached hydrogen (secondary N) is 3. The molecule has 1 unspecified atom stereocenters. The van der Waals surface area contributed by atoms with Crippen molar-refractivity contribution in [1.82, 2.24) is 30.7 Å². The first-order valence-electron chi connectivity index (χ1n) is 12.3. The fourth-order valence-corrected chi connectivity index (χ4v) is 4.03. The highest BCUT2D eigenvalue weighted by Crippen LogP contribution is 2.26. The number of hydrogen-bond donors (Lipinski definition) is 3. The van der Waals surface area contributed by atoms with Crippen LogP contribution in [0.5, 0.6) is 0 Å². The van der Waals surface area contributed by atoms with Gasteiger partial charge in [-0.2, -0.15) is 0 Å². The van der Waals surface area contributed by atoms with Crippen LogP contribution < -0.4 is 10.6 Å². The Labute approximate surface area is 210 Å². The molecule has 0 aliphatic carbocycles. The molecule has 188 valence electrons. The Bertz CT molecular complexity index is 1330. The van der Waals surface area contributed by atoms with Crippen molar-refractivity contribution in [2.24, 2.45) is 0 Å². The number of imidazole rings is 1. The number of nitrogens with zero attached hydrogens (tertiary/aromatic N) is 3. The van der Waals surface area contributed by atoms with Crippen molar-refractivity contribution in [3.8, 4) is 11.3 Å². The average Bonchev–Trinajstić information content (AvgIpc) is 3.58. The number of aromatic amines is 1. The molecule has 3 aromatic heterocycles. The van der Waals surface area contributed by atoms with Crippen LogP contribution in [0.1, 0.15) is 80.0 Å². The fourth-order valence-electron chi connectivity index (χ4n) is 4.03. The predicted octanol–water partition coefficient (Wildman–Crippen LogP) is 4.90. The van der Waals surface area contributed by atoms with Gasteiger partial charge < -0.3 is 20.1 Å². The number of aromatic nitrogens is 4. The van der Waals surface area contributed by atoms with Crippen molar-refractivity contribution < 1.29 is 14.1 Å². The van der Waals surface area contributed by atoms with E-state index >= 15 is 0 Å². The van der Waals surface area contributed by atoms with Gasteiger partial charge in [0.05, 0.1) is 17.9 Å². The summed E-state index contributed by atoms with van der Waals surface area (Å²) in [7, 11) is 1.64. The maximum atomic E-state index is 13.0. The Kier molecular flexibility index (Phi) is 8.10. The molecular formula is C27H32N6O3. The van der Waals surface area contributed by atoms with Gasteiger partial charge in [0.15, 0.2) is 5.69 Å². The van der Waals surface area contributed by atoms with Crippen LogP contribution in [-0.2, 0) is 4.79 Å². The number of H-pyrrole nitrogens is 1. The van der Waals surface area contributed by atoms with Gasteiger partial charge >= 0.3 is 0 Å². The van der Waals surface area contributed by atoms with Gasteiger partial charge in [-0.25, -0.2) is 4.98 Å². The summed E-state index contributed by atoms with van der Waals surface area (Å²) in [6.45, 7) is 3.97. The van der Waals surface area contributed by atoms with E-state index in [-0.39, 0.29) is 29.5 Å². The molecule has 0 radical (unpaired) electrons. The highest BCUT2D eigenvalue weighted by atomic mass is 16.5. The Morgan fingerprint density at radius 1 is 1.06 bits per heavy atom. The molecule has 1 atom stereocenters. The lowest BCUT2D eigenvalue weighted by molar-refractivity contribution is -0.120. The van der Waals surface area contributed by atoms with Gasteiger partial charge in [-0.15, -0.1) is 0 Å². The molecule has 0 fully saturated rings. The Morgan fingerprint density at radius 3 is 2.69 bits per heavy atom. The summed E-state index contributed by atoms with van der Waals surface area (Å²) < 4.78 is 5.30. The molecule has 2 amide bonds. The zero-order valence-corrected chi connectivity index (χ0v) is 20.9. The van der Waals surface area contributed by atoms with Crippen LogP contribution in [0.3, 0.4) is 0 Å². The Balaban J connectivity index is 1.50. The van der Waals surface area contributed by atoms with Crippen LogP contribution in [0.2, 0.25) is 0 Å². The number of amides is 2. The second-order valence-electron chi connectivity index (χ2n) is 9.19. The van der Waals surface area contributed by atoms with Crippen molar-refractivity contribution in [3.63, 3.8) is 0 Å². The first-order chi connectivity index (χ1) is 17.4. The van der Waals surface area contributed by atoms with Crippen molar-refractivity contribution in [1.29, 1.82) is 0 Å². The summed E-state index contributed by atoms with van der Waals surface area (Å²) in [5, 5.41) is 11.8. The number of fused-ring (bicyclic) bond motifs is 1. The largest absolute Gasteiger partial charge is 0.360 e. The van der Waals surface area contributed by atoms with E-state index in [9.17, 15) is 9.59 Å². The van der Waals surface area contributed by atoms with Crippen LogP contribution in [0.4, 0.5) is 0 Å². The SMILES string of the molecule is CNC(=O)CCCCCC(NC(=O)c1cc(C(C)C)on1)c1ncc(-c2ccc3ccncc3c2)[nH]1. The molecule has 0 spiro atoms. The topological polar surface area (TPSA) is 126 Å². The summed E-state index contributed by atoms with van der Waals surface area (Å²) in [4.78, 5) is 36.7. The molecule has 4 rings (SSSR count). The van der Waals surface area contributed by atoms with E-state index < -0.39 is 0 Å². The number of pyridine rings is 1. The first-order valence-corrected chi connectivity index (χ1v) is 12.3. The van der Waals surface area contributed by atoms with Gasteiger partial charge in [0.1, 0.15) is 11.6 Å². The van der Waals surface area contributed by atoms with E-state index in [1.165, 1.54) is 0 Å². The van der Waals surface area contributed by atoms with E-state index in [1.807, 2.05) is 32.2 Å². The van der Waals surface area contributed by atoms with Crippen molar-refractivity contribution in [3.05, 3.63) is 66.2 Å². The molecular weight excluding hydrogens is 456 g/mol. The molecule has 0 aliphatic rings. The van der Waals surface area contributed by atoms with E-state index in [2.05, 4.69) is 42.9 Å². The zero-order valence-electron chi connectivity index (χ0n) is 20.9. The summed E-state index contributed by atoms with van der Waals surface area (Å²) in [6, 6.07) is 9.46. The van der Waals surface area contributed by atoms with Gasteiger partial charge in [-0.1, -0.05) is 44.0 Å². The summed E-state index contributed by atoms with van der Waals surface area (Å²) in [6.07, 6.45) is 9.04. The average molecular weight is 489 g/mol. The Morgan fingerprint density at radius 2 is 1.92 bits per heavy atom. The monoisotopic (exact) mass is 488 g/mol. The minimum absolute atomic E-state index is 0.0353. The lowest BCUT2D eigenvalue weighted by atomic mass is 10.1.